The van der Waals surface area contributed by atoms with Crippen LogP contribution in [0, 0.1) is 5.82 Å². The fraction of sp³-hybridized carbons (Fsp3) is 0.0870. The molecule has 162 valence electrons. The Hall–Kier alpha value is -4.01. The van der Waals surface area contributed by atoms with Crippen LogP contribution in [-0.2, 0) is 22.3 Å². The second-order valence-electron chi connectivity index (χ2n) is 6.98. The number of alkyl halides is 3. The minimum Gasteiger partial charge on any atom is -0.350 e. The number of carbonyl (C=O) groups is 2. The molecule has 2 aromatic carbocycles. The van der Waals surface area contributed by atoms with Gasteiger partial charge >= 0.3 is 6.18 Å². The van der Waals surface area contributed by atoms with Gasteiger partial charge in [-0.3, -0.25) is 19.5 Å². The summed E-state index contributed by atoms with van der Waals surface area (Å²) in [5.41, 5.74) is -0.486. The minimum atomic E-state index is -4.58. The Morgan fingerprint density at radius 2 is 1.66 bits per heavy atom. The lowest BCUT2D eigenvalue weighted by Gasteiger charge is -2.15. The van der Waals surface area contributed by atoms with Gasteiger partial charge in [0.1, 0.15) is 11.5 Å². The highest BCUT2D eigenvalue weighted by molar-refractivity contribution is 6.36. The molecule has 0 bridgehead atoms. The normalized spacial score (nSPS) is 14.3. The zero-order valence-electron chi connectivity index (χ0n) is 16.4. The van der Waals surface area contributed by atoms with Crippen LogP contribution in [0.25, 0.3) is 5.57 Å². The van der Waals surface area contributed by atoms with Gasteiger partial charge in [-0.2, -0.15) is 13.2 Å². The van der Waals surface area contributed by atoms with E-state index in [0.717, 1.165) is 29.2 Å². The molecular weight excluding hydrogens is 426 g/mol. The van der Waals surface area contributed by atoms with Crippen LogP contribution >= 0.6 is 0 Å². The Morgan fingerprint density at radius 1 is 0.906 bits per heavy atom. The number of rotatable bonds is 5. The van der Waals surface area contributed by atoms with Crippen LogP contribution in [-0.4, -0.2) is 21.7 Å². The fourth-order valence-electron chi connectivity index (χ4n) is 3.29. The standard InChI is InChI=1S/C23H15F4N3O2/c24-16-9-7-14(8-10-16)19-20(29-17-6-3-4-15(12-17)23(25,26)27)22(32)30(21(19)31)13-18-5-1-2-11-28-18/h1-12,29H,13H2. The highest BCUT2D eigenvalue weighted by Crippen LogP contribution is 2.34. The molecule has 2 amide bonds. The molecule has 32 heavy (non-hydrogen) atoms. The maximum atomic E-state index is 13.4. The van der Waals surface area contributed by atoms with Crippen molar-refractivity contribution in [2.45, 2.75) is 12.7 Å². The Bertz CT molecular complexity index is 1210. The molecule has 9 heteroatoms. The first-order valence-electron chi connectivity index (χ1n) is 9.44. The number of aromatic nitrogens is 1. The third-order valence-electron chi connectivity index (χ3n) is 4.81. The maximum absolute atomic E-state index is 13.4. The van der Waals surface area contributed by atoms with Gasteiger partial charge in [-0.15, -0.1) is 0 Å². The van der Waals surface area contributed by atoms with Gasteiger partial charge in [0.15, 0.2) is 0 Å². The van der Waals surface area contributed by atoms with E-state index in [1.54, 1.807) is 18.2 Å². The number of hydrogen-bond donors (Lipinski definition) is 1. The van der Waals surface area contributed by atoms with E-state index >= 15 is 0 Å². The van der Waals surface area contributed by atoms with Crippen LogP contribution in [0.4, 0.5) is 23.2 Å². The molecule has 0 atom stereocenters. The summed E-state index contributed by atoms with van der Waals surface area (Å²) in [5, 5.41) is 2.67. The molecule has 0 saturated carbocycles. The second-order valence-corrected chi connectivity index (χ2v) is 6.98. The molecule has 4 rings (SSSR count). The summed E-state index contributed by atoms with van der Waals surface area (Å²) in [6, 6.07) is 14.2. The first kappa shape index (κ1) is 21.2. The second kappa shape index (κ2) is 8.26. The molecule has 0 unspecified atom stereocenters. The molecule has 0 spiro atoms. The number of pyridine rings is 1. The van der Waals surface area contributed by atoms with Gasteiger partial charge in [0, 0.05) is 11.9 Å². The van der Waals surface area contributed by atoms with Gasteiger partial charge in [0.25, 0.3) is 11.8 Å². The van der Waals surface area contributed by atoms with E-state index < -0.39 is 29.4 Å². The molecule has 0 saturated heterocycles. The van der Waals surface area contributed by atoms with Crippen molar-refractivity contribution in [1.82, 2.24) is 9.88 Å². The van der Waals surface area contributed by atoms with Crippen molar-refractivity contribution in [2.75, 3.05) is 5.32 Å². The molecule has 0 radical (unpaired) electrons. The van der Waals surface area contributed by atoms with Gasteiger partial charge in [0.05, 0.1) is 23.4 Å². The number of anilines is 1. The molecule has 1 N–H and O–H groups in total. The first-order valence-corrected chi connectivity index (χ1v) is 9.44. The largest absolute Gasteiger partial charge is 0.416 e. The van der Waals surface area contributed by atoms with Crippen LogP contribution < -0.4 is 5.32 Å². The first-order chi connectivity index (χ1) is 15.2. The van der Waals surface area contributed by atoms with E-state index in [0.29, 0.717) is 5.69 Å². The van der Waals surface area contributed by atoms with Crippen molar-refractivity contribution < 1.29 is 27.2 Å². The van der Waals surface area contributed by atoms with E-state index in [1.165, 1.54) is 30.5 Å². The van der Waals surface area contributed by atoms with Crippen LogP contribution in [0.15, 0.2) is 78.6 Å². The molecule has 0 fully saturated rings. The van der Waals surface area contributed by atoms with E-state index in [9.17, 15) is 27.2 Å². The minimum absolute atomic E-state index is 0.0183. The van der Waals surface area contributed by atoms with Crippen molar-refractivity contribution in [1.29, 1.82) is 0 Å². The summed E-state index contributed by atoms with van der Waals surface area (Å²) in [7, 11) is 0. The van der Waals surface area contributed by atoms with Gasteiger partial charge in [0.2, 0.25) is 0 Å². The molecule has 1 aromatic heterocycles. The van der Waals surface area contributed by atoms with Crippen LogP contribution in [0.2, 0.25) is 0 Å². The van der Waals surface area contributed by atoms with Crippen LogP contribution in [0.3, 0.4) is 0 Å². The van der Waals surface area contributed by atoms with Crippen LogP contribution in [0.1, 0.15) is 16.8 Å². The number of nitrogens with one attached hydrogen (secondary N) is 1. The van der Waals surface area contributed by atoms with Crippen molar-refractivity contribution in [3.8, 4) is 0 Å². The topological polar surface area (TPSA) is 62.3 Å². The Morgan fingerprint density at radius 3 is 2.31 bits per heavy atom. The average Bonchev–Trinajstić information content (AvgIpc) is 2.99. The lowest BCUT2D eigenvalue weighted by Crippen LogP contribution is -2.32. The van der Waals surface area contributed by atoms with Gasteiger partial charge in [-0.05, 0) is 48.0 Å². The highest BCUT2D eigenvalue weighted by Gasteiger charge is 2.39. The summed E-state index contributed by atoms with van der Waals surface area (Å²) < 4.78 is 52.7. The van der Waals surface area contributed by atoms with Gasteiger partial charge in [-0.1, -0.05) is 24.3 Å². The zero-order chi connectivity index (χ0) is 22.9. The Balaban J connectivity index is 1.75. The van der Waals surface area contributed by atoms with Crippen molar-refractivity contribution >= 4 is 23.1 Å². The maximum Gasteiger partial charge on any atom is 0.416 e. The predicted molar refractivity (Wildman–Crippen MR) is 108 cm³/mol. The molecule has 2 heterocycles. The zero-order valence-corrected chi connectivity index (χ0v) is 16.4. The van der Waals surface area contributed by atoms with Crippen molar-refractivity contribution in [2.24, 2.45) is 0 Å². The number of carbonyl (C=O) groups excluding carboxylic acids is 2. The summed E-state index contributed by atoms with van der Waals surface area (Å²) in [6.45, 7) is -0.128. The SMILES string of the molecule is O=C1C(Nc2cccc(C(F)(F)F)c2)=C(c2ccc(F)cc2)C(=O)N1Cc1ccccn1. The van der Waals surface area contributed by atoms with Gasteiger partial charge in [-0.25, -0.2) is 4.39 Å². The number of imide groups is 1. The summed E-state index contributed by atoms with van der Waals surface area (Å²) >= 11 is 0. The average molecular weight is 441 g/mol. The predicted octanol–water partition coefficient (Wildman–Crippen LogP) is 4.63. The lowest BCUT2D eigenvalue weighted by atomic mass is 10.0. The number of amides is 2. The van der Waals surface area contributed by atoms with E-state index in [-0.39, 0.29) is 29.1 Å². The number of halogens is 4. The quantitative estimate of drug-likeness (QED) is 0.463. The third-order valence-corrected chi connectivity index (χ3v) is 4.81. The Labute approximate surface area is 180 Å². The van der Waals surface area contributed by atoms with E-state index in [4.69, 9.17) is 0 Å². The van der Waals surface area contributed by atoms with E-state index in [2.05, 4.69) is 10.3 Å². The summed E-state index contributed by atoms with van der Waals surface area (Å²) in [5.74, 6) is -1.93. The molecular formula is C23H15F4N3O2. The van der Waals surface area contributed by atoms with Gasteiger partial charge < -0.3 is 5.32 Å². The molecule has 1 aliphatic rings. The molecule has 3 aromatic rings. The fourth-order valence-corrected chi connectivity index (χ4v) is 3.29. The smallest absolute Gasteiger partial charge is 0.350 e. The van der Waals surface area contributed by atoms with Crippen LogP contribution in [0.5, 0.6) is 0 Å². The van der Waals surface area contributed by atoms with E-state index in [1.807, 2.05) is 0 Å². The van der Waals surface area contributed by atoms with Crippen molar-refractivity contribution in [3.05, 3.63) is 101 Å². The number of benzene rings is 2. The molecule has 5 nitrogen and oxygen atoms in total. The Kier molecular flexibility index (Phi) is 5.48. The number of hydrogen-bond acceptors (Lipinski definition) is 4. The monoisotopic (exact) mass is 441 g/mol. The summed E-state index contributed by atoms with van der Waals surface area (Å²) in [6.07, 6.45) is -3.07. The number of nitrogens with zero attached hydrogens (tertiary/aromatic N) is 2. The third kappa shape index (κ3) is 4.22. The van der Waals surface area contributed by atoms with Crippen molar-refractivity contribution in [3.63, 3.8) is 0 Å². The highest BCUT2D eigenvalue weighted by atomic mass is 19.4. The summed E-state index contributed by atoms with van der Waals surface area (Å²) in [4.78, 5) is 31.3. The lowest BCUT2D eigenvalue weighted by molar-refractivity contribution is -0.138. The molecule has 1 aliphatic heterocycles. The molecule has 0 aliphatic carbocycles.